The molecular formula is C11H15O4PS. The molecule has 0 fully saturated rings. The maximum atomic E-state index is 12.2. The first-order valence-corrected chi connectivity index (χ1v) is 8.43. The molecule has 0 spiro atoms. The number of rotatable bonds is 5. The van der Waals surface area contributed by atoms with E-state index >= 15 is 0 Å². The van der Waals surface area contributed by atoms with Crippen LogP contribution >= 0.6 is 19.4 Å². The molecule has 0 saturated heterocycles. The average molecular weight is 274 g/mol. The van der Waals surface area contributed by atoms with Gasteiger partial charge in [-0.2, -0.15) is 11.8 Å². The summed E-state index contributed by atoms with van der Waals surface area (Å²) in [6.07, 6.45) is 2.01. The molecule has 1 aromatic rings. The topological polar surface area (TPSA) is 44.8 Å². The number of benzene rings is 1. The molecule has 1 atom stereocenters. The average Bonchev–Trinajstić information content (AvgIpc) is 2.35. The molecule has 4 nitrogen and oxygen atoms in total. The Bertz CT molecular complexity index is 424. The lowest BCUT2D eigenvalue weighted by Gasteiger charge is -2.25. The van der Waals surface area contributed by atoms with Gasteiger partial charge in [-0.3, -0.25) is 4.52 Å². The maximum absolute atomic E-state index is 12.2. The van der Waals surface area contributed by atoms with E-state index in [9.17, 15) is 4.57 Å². The smallest absolute Gasteiger partial charge is 0.405 e. The van der Waals surface area contributed by atoms with Crippen LogP contribution in [0, 0.1) is 0 Å². The third kappa shape index (κ3) is 3.49. The summed E-state index contributed by atoms with van der Waals surface area (Å²) in [4.78, 5) is 0. The van der Waals surface area contributed by atoms with E-state index in [1.54, 1.807) is 17.8 Å². The van der Waals surface area contributed by atoms with Crippen molar-refractivity contribution in [3.8, 4) is 5.75 Å². The van der Waals surface area contributed by atoms with Crippen LogP contribution in [0.25, 0.3) is 0 Å². The maximum Gasteiger partial charge on any atom is 0.405 e. The number of thioether (sulfide) groups is 1. The zero-order valence-electron chi connectivity index (χ0n) is 9.63. The number of hydrogen-bond donors (Lipinski definition) is 0. The fraction of sp³-hybridized carbons (Fsp3) is 0.455. The fourth-order valence-electron chi connectivity index (χ4n) is 1.44. The van der Waals surface area contributed by atoms with Crippen LogP contribution in [0.15, 0.2) is 24.3 Å². The molecule has 0 aliphatic carbocycles. The van der Waals surface area contributed by atoms with E-state index in [0.717, 1.165) is 11.3 Å². The summed E-state index contributed by atoms with van der Waals surface area (Å²) in [5, 5.41) is 0. The quantitative estimate of drug-likeness (QED) is 0.609. The van der Waals surface area contributed by atoms with Gasteiger partial charge in [-0.1, -0.05) is 18.2 Å². The lowest BCUT2D eigenvalue weighted by Crippen LogP contribution is -2.12. The van der Waals surface area contributed by atoms with Crippen LogP contribution in [0.5, 0.6) is 5.75 Å². The first kappa shape index (κ1) is 13.0. The summed E-state index contributed by atoms with van der Waals surface area (Å²) < 4.78 is 28.2. The first-order valence-electron chi connectivity index (χ1n) is 5.31. The minimum Gasteiger partial charge on any atom is -0.422 e. The Hall–Kier alpha value is -0.480. The minimum atomic E-state index is -3.12. The molecule has 0 amide bonds. The summed E-state index contributed by atoms with van der Waals surface area (Å²) in [6, 6.07) is 7.44. The molecule has 0 aromatic heterocycles. The normalized spacial score (nSPS) is 22.9. The second-order valence-electron chi connectivity index (χ2n) is 3.61. The third-order valence-corrected chi connectivity index (χ3v) is 4.38. The second-order valence-corrected chi connectivity index (χ2v) is 6.52. The molecule has 1 aliphatic rings. The predicted molar refractivity (Wildman–Crippen MR) is 68.7 cm³/mol. The molecule has 1 aliphatic heterocycles. The van der Waals surface area contributed by atoms with Gasteiger partial charge in [-0.15, -0.1) is 0 Å². The zero-order chi connectivity index (χ0) is 12.1. The first-order chi connectivity index (χ1) is 8.23. The lowest BCUT2D eigenvalue weighted by molar-refractivity contribution is 0.149. The van der Waals surface area contributed by atoms with Crippen molar-refractivity contribution in [2.24, 2.45) is 0 Å². The molecule has 0 saturated carbocycles. The van der Waals surface area contributed by atoms with Crippen molar-refractivity contribution in [3.63, 3.8) is 0 Å². The Morgan fingerprint density at radius 3 is 3.12 bits per heavy atom. The van der Waals surface area contributed by atoms with Crippen LogP contribution in [0.1, 0.15) is 5.56 Å². The summed E-state index contributed by atoms with van der Waals surface area (Å²) in [7, 11) is -3.12. The summed E-state index contributed by atoms with van der Waals surface area (Å²) >= 11 is 1.68. The Morgan fingerprint density at radius 1 is 1.47 bits per heavy atom. The lowest BCUT2D eigenvalue weighted by atomic mass is 10.2. The third-order valence-electron chi connectivity index (χ3n) is 2.31. The van der Waals surface area contributed by atoms with Gasteiger partial charge in [0.25, 0.3) is 0 Å². The van der Waals surface area contributed by atoms with E-state index in [4.69, 9.17) is 13.8 Å². The van der Waals surface area contributed by atoms with Crippen LogP contribution in [-0.2, 0) is 20.4 Å². The van der Waals surface area contributed by atoms with E-state index in [-0.39, 0.29) is 6.35 Å². The monoisotopic (exact) mass is 274 g/mol. The number of ether oxygens (including phenoxy) is 1. The van der Waals surface area contributed by atoms with E-state index in [1.807, 2.05) is 24.5 Å². The minimum absolute atomic E-state index is 0.0158. The highest BCUT2D eigenvalue weighted by atomic mass is 32.2. The van der Waals surface area contributed by atoms with Gasteiger partial charge in [0.2, 0.25) is 0 Å². The Balaban J connectivity index is 1.93. The Labute approximate surface area is 105 Å². The second kappa shape index (κ2) is 5.91. The molecular weight excluding hydrogens is 259 g/mol. The number of hydrogen-bond acceptors (Lipinski definition) is 5. The van der Waals surface area contributed by atoms with Crippen LogP contribution < -0.4 is 4.52 Å². The summed E-state index contributed by atoms with van der Waals surface area (Å²) in [6.45, 7) is 0.874. The molecule has 1 unspecified atom stereocenters. The van der Waals surface area contributed by atoms with Crippen molar-refractivity contribution in [1.29, 1.82) is 0 Å². The van der Waals surface area contributed by atoms with Crippen LogP contribution in [0.2, 0.25) is 0 Å². The standard InChI is InChI=1S/C11H15O4PS/c1-17-7-6-13-9-16(12)14-8-10-4-2-3-5-11(10)15-16/h2-5H,6-9H2,1H3. The van der Waals surface area contributed by atoms with Crippen LogP contribution in [0.4, 0.5) is 0 Å². The molecule has 0 N–H and O–H groups in total. The van der Waals surface area contributed by atoms with Crippen LogP contribution in [-0.4, -0.2) is 25.0 Å². The highest BCUT2D eigenvalue weighted by Gasteiger charge is 2.31. The van der Waals surface area contributed by atoms with Crippen molar-refractivity contribution >= 4 is 19.4 Å². The summed E-state index contributed by atoms with van der Waals surface area (Å²) in [5.41, 5.74) is 0.920. The van der Waals surface area contributed by atoms with E-state index in [2.05, 4.69) is 0 Å². The van der Waals surface area contributed by atoms with Gasteiger partial charge in [0.1, 0.15) is 5.75 Å². The molecule has 94 valence electrons. The molecule has 0 radical (unpaired) electrons. The predicted octanol–water partition coefficient (Wildman–Crippen LogP) is 3.13. The SMILES string of the molecule is CSCCOCP1(=O)OCc2ccccc2O1. The van der Waals surface area contributed by atoms with Crippen LogP contribution in [0.3, 0.4) is 0 Å². The van der Waals surface area contributed by atoms with Gasteiger partial charge >= 0.3 is 7.60 Å². The van der Waals surface area contributed by atoms with E-state index in [1.165, 1.54) is 0 Å². The summed E-state index contributed by atoms with van der Waals surface area (Å²) in [5.74, 6) is 1.51. The van der Waals surface area contributed by atoms with Crippen molar-refractivity contribution < 1.29 is 18.3 Å². The van der Waals surface area contributed by atoms with Crippen molar-refractivity contribution in [1.82, 2.24) is 0 Å². The highest BCUT2D eigenvalue weighted by Crippen LogP contribution is 2.53. The van der Waals surface area contributed by atoms with Gasteiger partial charge in [0.15, 0.2) is 6.35 Å². The Kier molecular flexibility index (Phi) is 4.51. The molecule has 2 rings (SSSR count). The van der Waals surface area contributed by atoms with E-state index in [0.29, 0.717) is 19.0 Å². The van der Waals surface area contributed by atoms with Crippen molar-refractivity contribution in [2.45, 2.75) is 6.61 Å². The van der Waals surface area contributed by atoms with Crippen molar-refractivity contribution in [2.75, 3.05) is 25.0 Å². The number of para-hydroxylation sites is 1. The molecule has 1 heterocycles. The van der Waals surface area contributed by atoms with Gasteiger partial charge in [-0.05, 0) is 12.3 Å². The van der Waals surface area contributed by atoms with Gasteiger partial charge in [0.05, 0.1) is 13.2 Å². The van der Waals surface area contributed by atoms with E-state index < -0.39 is 7.60 Å². The highest BCUT2D eigenvalue weighted by molar-refractivity contribution is 7.98. The molecule has 17 heavy (non-hydrogen) atoms. The van der Waals surface area contributed by atoms with Gasteiger partial charge in [0, 0.05) is 11.3 Å². The largest absolute Gasteiger partial charge is 0.422 e. The zero-order valence-corrected chi connectivity index (χ0v) is 11.3. The van der Waals surface area contributed by atoms with Crippen molar-refractivity contribution in [3.05, 3.63) is 29.8 Å². The van der Waals surface area contributed by atoms with Gasteiger partial charge in [-0.25, -0.2) is 4.57 Å². The van der Waals surface area contributed by atoms with Gasteiger partial charge < -0.3 is 9.26 Å². The fourth-order valence-corrected chi connectivity index (χ4v) is 3.07. The molecule has 1 aromatic carbocycles. The number of fused-ring (bicyclic) bond motifs is 1. The Morgan fingerprint density at radius 2 is 2.29 bits per heavy atom. The molecule has 6 heteroatoms. The molecule has 0 bridgehead atoms.